The maximum absolute atomic E-state index is 12.9. The second-order valence-corrected chi connectivity index (χ2v) is 9.78. The highest BCUT2D eigenvalue weighted by Gasteiger charge is 2.46. The van der Waals surface area contributed by atoms with E-state index in [9.17, 15) is 13.2 Å². The number of benzene rings is 2. The lowest BCUT2D eigenvalue weighted by atomic mass is 10.2. The van der Waals surface area contributed by atoms with E-state index in [0.29, 0.717) is 11.4 Å². The van der Waals surface area contributed by atoms with Crippen molar-refractivity contribution in [1.82, 2.24) is 10.6 Å². The van der Waals surface area contributed by atoms with Gasteiger partial charge in [-0.3, -0.25) is 4.72 Å². The van der Waals surface area contributed by atoms with E-state index in [-0.39, 0.29) is 5.13 Å². The fourth-order valence-corrected chi connectivity index (χ4v) is 5.22. The molecule has 0 amide bonds. The average molecular weight is 495 g/mol. The molecule has 0 aliphatic carbocycles. The number of anilines is 2. The zero-order valence-electron chi connectivity index (χ0n) is 15.0. The second kappa shape index (κ2) is 7.75. The predicted molar refractivity (Wildman–Crippen MR) is 114 cm³/mol. The van der Waals surface area contributed by atoms with Crippen molar-refractivity contribution in [3.63, 3.8) is 0 Å². The lowest BCUT2D eigenvalue weighted by molar-refractivity contribution is -0.142. The first-order valence-corrected chi connectivity index (χ1v) is 11.6. The van der Waals surface area contributed by atoms with Gasteiger partial charge in [0.15, 0.2) is 5.13 Å². The second-order valence-electron chi connectivity index (χ2n) is 6.26. The van der Waals surface area contributed by atoms with Gasteiger partial charge in [-0.1, -0.05) is 51.3 Å². The summed E-state index contributed by atoms with van der Waals surface area (Å²) >= 11 is 4.50. The van der Waals surface area contributed by atoms with Crippen molar-refractivity contribution >= 4 is 54.1 Å². The third kappa shape index (κ3) is 4.13. The number of rotatable bonds is 5. The van der Waals surface area contributed by atoms with Crippen LogP contribution >= 0.6 is 27.3 Å². The van der Waals surface area contributed by atoms with Crippen LogP contribution in [-0.2, 0) is 19.7 Å². The van der Waals surface area contributed by atoms with Gasteiger partial charge >= 0.3 is 5.97 Å². The molecule has 1 aliphatic heterocycles. The zero-order chi connectivity index (χ0) is 20.6. The van der Waals surface area contributed by atoms with E-state index >= 15 is 0 Å². The third-order valence-electron chi connectivity index (χ3n) is 4.16. The molecular weight excluding hydrogens is 480 g/mol. The van der Waals surface area contributed by atoms with Crippen LogP contribution in [0.25, 0.3) is 11.3 Å². The molecule has 0 radical (unpaired) electrons. The van der Waals surface area contributed by atoms with E-state index in [1.54, 1.807) is 17.5 Å². The van der Waals surface area contributed by atoms with Crippen LogP contribution in [0.5, 0.6) is 0 Å². The van der Waals surface area contributed by atoms with Crippen molar-refractivity contribution in [3.8, 4) is 11.3 Å². The average Bonchev–Trinajstić information content (AvgIpc) is 3.29. The Labute approximate surface area is 179 Å². The van der Waals surface area contributed by atoms with Gasteiger partial charge < -0.3 is 4.84 Å². The molecule has 29 heavy (non-hydrogen) atoms. The topological polar surface area (TPSA) is 101 Å². The van der Waals surface area contributed by atoms with Crippen molar-refractivity contribution in [2.24, 2.45) is 0 Å². The first kappa shape index (κ1) is 19.8. The number of aryl methyl sites for hydroxylation is 1. The number of nitrogens with zero attached hydrogens (tertiary/aromatic N) is 2. The monoisotopic (exact) mass is 494 g/mol. The van der Waals surface area contributed by atoms with Crippen LogP contribution in [-0.4, -0.2) is 24.7 Å². The van der Waals surface area contributed by atoms with Crippen LogP contribution in [0, 0.1) is 6.92 Å². The zero-order valence-corrected chi connectivity index (χ0v) is 18.2. The number of hydrogen-bond acceptors (Lipinski definition) is 8. The highest BCUT2D eigenvalue weighted by atomic mass is 79.9. The SMILES string of the molecule is Cc1ccc(N2NOC(=O)C2S(=O)(=O)Nc2nc(-c3ccc(Br)cc3)cs2)cc1. The molecule has 0 saturated carbocycles. The standard InChI is InChI=1S/C18H15BrN4O4S2/c1-11-2-8-14(9-3-11)23-16(17(24)27-22-23)29(25,26)21-18-20-15(10-28-18)12-4-6-13(19)7-5-12/h2-10,16,22H,1H3,(H,20,21). The van der Waals surface area contributed by atoms with Crippen molar-refractivity contribution in [2.75, 3.05) is 9.73 Å². The van der Waals surface area contributed by atoms with E-state index < -0.39 is 21.4 Å². The molecular formula is C18H15BrN4O4S2. The molecule has 3 aromatic rings. The molecule has 2 N–H and O–H groups in total. The normalized spacial score (nSPS) is 16.7. The fraction of sp³-hybridized carbons (Fsp3) is 0.111. The Morgan fingerprint density at radius 1 is 1.17 bits per heavy atom. The molecule has 1 saturated heterocycles. The Bertz CT molecular complexity index is 1150. The molecule has 1 atom stereocenters. The summed E-state index contributed by atoms with van der Waals surface area (Å²) < 4.78 is 29.2. The molecule has 8 nitrogen and oxygen atoms in total. The van der Waals surface area contributed by atoms with Crippen LogP contribution in [0.2, 0.25) is 0 Å². The van der Waals surface area contributed by atoms with E-state index in [1.807, 2.05) is 43.3 Å². The lowest BCUT2D eigenvalue weighted by Gasteiger charge is -2.21. The van der Waals surface area contributed by atoms with Gasteiger partial charge in [-0.15, -0.1) is 11.3 Å². The van der Waals surface area contributed by atoms with Gasteiger partial charge in [0.1, 0.15) is 0 Å². The summed E-state index contributed by atoms with van der Waals surface area (Å²) in [5.41, 5.74) is 5.32. The molecule has 2 heterocycles. The first-order chi connectivity index (χ1) is 13.8. The van der Waals surface area contributed by atoms with Crippen molar-refractivity contribution < 1.29 is 18.0 Å². The van der Waals surface area contributed by atoms with Gasteiger partial charge in [-0.05, 0) is 31.2 Å². The number of nitrogens with one attached hydrogen (secondary N) is 2. The number of aromatic nitrogens is 1. The van der Waals surface area contributed by atoms with Crippen LogP contribution in [0.4, 0.5) is 10.8 Å². The maximum Gasteiger partial charge on any atom is 0.368 e. The summed E-state index contributed by atoms with van der Waals surface area (Å²) in [5.74, 6) is -0.928. The number of sulfonamides is 1. The smallest absolute Gasteiger partial charge is 0.347 e. The van der Waals surface area contributed by atoms with Gasteiger partial charge in [0.25, 0.3) is 15.4 Å². The molecule has 1 aromatic heterocycles. The summed E-state index contributed by atoms with van der Waals surface area (Å²) in [7, 11) is -4.17. The first-order valence-electron chi connectivity index (χ1n) is 8.39. The van der Waals surface area contributed by atoms with E-state index in [2.05, 4.69) is 31.2 Å². The number of thiazole rings is 1. The predicted octanol–water partition coefficient (Wildman–Crippen LogP) is 3.43. The summed E-state index contributed by atoms with van der Waals surface area (Å²) in [5, 5.41) is 1.47. The molecule has 4 rings (SSSR count). The molecule has 11 heteroatoms. The number of carbonyl (C=O) groups excluding carboxylic acids is 1. The molecule has 1 unspecified atom stereocenters. The van der Waals surface area contributed by atoms with Crippen LogP contribution in [0.1, 0.15) is 5.56 Å². The Balaban J connectivity index is 1.58. The Morgan fingerprint density at radius 3 is 2.55 bits per heavy atom. The molecule has 150 valence electrons. The summed E-state index contributed by atoms with van der Waals surface area (Å²) in [6.07, 6.45) is 0. The van der Waals surface area contributed by atoms with Gasteiger partial charge in [0.05, 0.1) is 11.4 Å². The van der Waals surface area contributed by atoms with Crippen LogP contribution in [0.3, 0.4) is 0 Å². The minimum Gasteiger partial charge on any atom is -0.347 e. The molecule has 1 fully saturated rings. The lowest BCUT2D eigenvalue weighted by Crippen LogP contribution is -2.46. The molecule has 0 bridgehead atoms. The van der Waals surface area contributed by atoms with Gasteiger partial charge in [0, 0.05) is 15.4 Å². The van der Waals surface area contributed by atoms with Crippen LogP contribution < -0.4 is 15.3 Å². The summed E-state index contributed by atoms with van der Waals surface area (Å²) in [6.45, 7) is 1.91. The Morgan fingerprint density at radius 2 is 1.86 bits per heavy atom. The van der Waals surface area contributed by atoms with Gasteiger partial charge in [-0.25, -0.2) is 23.2 Å². The van der Waals surface area contributed by atoms with Crippen molar-refractivity contribution in [3.05, 3.63) is 63.9 Å². The van der Waals surface area contributed by atoms with Crippen LogP contribution in [0.15, 0.2) is 58.4 Å². The highest BCUT2D eigenvalue weighted by molar-refractivity contribution is 9.10. The Hall–Kier alpha value is -2.47. The van der Waals surface area contributed by atoms with E-state index in [4.69, 9.17) is 4.84 Å². The van der Waals surface area contributed by atoms with E-state index in [0.717, 1.165) is 31.9 Å². The number of carbonyl (C=O) groups is 1. The number of hydrazine groups is 1. The number of hydrogen-bond donors (Lipinski definition) is 2. The largest absolute Gasteiger partial charge is 0.368 e. The van der Waals surface area contributed by atoms with Crippen molar-refractivity contribution in [2.45, 2.75) is 12.3 Å². The van der Waals surface area contributed by atoms with Crippen molar-refractivity contribution in [1.29, 1.82) is 0 Å². The summed E-state index contributed by atoms with van der Waals surface area (Å²) in [4.78, 5) is 21.2. The molecule has 0 spiro atoms. The van der Waals surface area contributed by atoms with E-state index in [1.165, 1.54) is 0 Å². The third-order valence-corrected chi connectivity index (χ3v) is 7.05. The fourth-order valence-electron chi connectivity index (χ4n) is 2.71. The maximum atomic E-state index is 12.9. The minimum absolute atomic E-state index is 0.159. The van der Waals surface area contributed by atoms with Gasteiger partial charge in [0.2, 0.25) is 0 Å². The quantitative estimate of drug-likeness (QED) is 0.560. The minimum atomic E-state index is -4.17. The molecule has 2 aromatic carbocycles. The van der Waals surface area contributed by atoms with Gasteiger partial charge in [-0.2, -0.15) is 0 Å². The molecule has 1 aliphatic rings. The highest BCUT2D eigenvalue weighted by Crippen LogP contribution is 2.29. The summed E-state index contributed by atoms with van der Waals surface area (Å²) in [6, 6.07) is 14.5. The number of halogens is 1. The Kier molecular flexibility index (Phi) is 5.30.